The summed E-state index contributed by atoms with van der Waals surface area (Å²) in [6, 6.07) is 11.8. The van der Waals surface area contributed by atoms with E-state index in [0.717, 1.165) is 56.5 Å². The van der Waals surface area contributed by atoms with E-state index in [4.69, 9.17) is 16.3 Å². The summed E-state index contributed by atoms with van der Waals surface area (Å²) >= 11 is 6.23. The maximum Gasteiger partial charge on any atom is 0.272 e. The standard InChI is InChI=1S/C43H47ClFN9O6/c1-42(2)40(43(3,4)41(42)60-26-6-5-25(22-46)29(44)19-26)48-36(56)31-7-9-34(50-49-31)53-17-15-51(16-18-53)23-24-11-13-52(14-12-24)33-21-28-27(20-30(33)45)38(58)54(39(28)59)32-8-10-35(55)47-37(32)57/h5-7,9,19-21,24,32,40-41H,8,10-18,23H2,1-4H3,(H,48,56)(H,47,55,57)/t32?,40-,41-. The van der Waals surface area contributed by atoms with E-state index in [9.17, 15) is 29.2 Å². The maximum atomic E-state index is 15.5. The molecule has 0 radical (unpaired) electrons. The monoisotopic (exact) mass is 839 g/mol. The summed E-state index contributed by atoms with van der Waals surface area (Å²) in [6.45, 7) is 13.4. The highest BCUT2D eigenvalue weighted by Gasteiger charge is 2.64. The van der Waals surface area contributed by atoms with Crippen molar-refractivity contribution in [3.63, 3.8) is 0 Å². The van der Waals surface area contributed by atoms with Crippen LogP contribution in [0.1, 0.15) is 90.1 Å². The molecule has 4 fully saturated rings. The van der Waals surface area contributed by atoms with Crippen LogP contribution in [0.3, 0.4) is 0 Å². The van der Waals surface area contributed by atoms with E-state index in [0.29, 0.717) is 41.2 Å². The molecule has 3 aromatic rings. The molecule has 5 heterocycles. The average Bonchev–Trinajstić information content (AvgIpc) is 3.46. The van der Waals surface area contributed by atoms with Crippen molar-refractivity contribution in [3.8, 4) is 11.8 Å². The van der Waals surface area contributed by atoms with Gasteiger partial charge in [0.2, 0.25) is 11.8 Å². The lowest BCUT2D eigenvalue weighted by Crippen LogP contribution is -2.74. The van der Waals surface area contributed by atoms with Gasteiger partial charge in [-0.25, -0.2) is 4.39 Å². The Balaban J connectivity index is 0.800. The summed E-state index contributed by atoms with van der Waals surface area (Å²) in [4.78, 5) is 71.2. The Kier molecular flexibility index (Phi) is 10.8. The summed E-state index contributed by atoms with van der Waals surface area (Å²) in [7, 11) is 0. The fourth-order valence-electron chi connectivity index (χ4n) is 10.0. The fourth-order valence-corrected chi connectivity index (χ4v) is 10.2. The number of imide groups is 2. The van der Waals surface area contributed by atoms with Crippen LogP contribution < -0.4 is 25.2 Å². The van der Waals surface area contributed by atoms with Crippen molar-refractivity contribution in [2.45, 2.75) is 71.6 Å². The van der Waals surface area contributed by atoms with Gasteiger partial charge in [-0.2, -0.15) is 5.26 Å². The Bertz CT molecular complexity index is 2280. The summed E-state index contributed by atoms with van der Waals surface area (Å²) < 4.78 is 21.8. The van der Waals surface area contributed by atoms with E-state index < -0.39 is 46.3 Å². The molecule has 17 heteroatoms. The van der Waals surface area contributed by atoms with Gasteiger partial charge in [-0.1, -0.05) is 39.3 Å². The van der Waals surface area contributed by atoms with Gasteiger partial charge in [-0.3, -0.25) is 39.1 Å². The third-order valence-electron chi connectivity index (χ3n) is 13.0. The molecule has 314 valence electrons. The van der Waals surface area contributed by atoms with Gasteiger partial charge < -0.3 is 19.9 Å². The van der Waals surface area contributed by atoms with Gasteiger partial charge >= 0.3 is 0 Å². The third kappa shape index (κ3) is 7.42. The Morgan fingerprint density at radius 2 is 1.60 bits per heavy atom. The minimum atomic E-state index is -1.11. The number of hydrogen-bond acceptors (Lipinski definition) is 12. The molecule has 2 N–H and O–H groups in total. The summed E-state index contributed by atoms with van der Waals surface area (Å²) in [5.74, 6) is -1.78. The summed E-state index contributed by atoms with van der Waals surface area (Å²) in [5.41, 5.74) is 0.0311. The van der Waals surface area contributed by atoms with Crippen molar-refractivity contribution in [1.29, 1.82) is 5.26 Å². The number of nitrogens with zero attached hydrogens (tertiary/aromatic N) is 7. The molecule has 0 spiro atoms. The van der Waals surface area contributed by atoms with Crippen LogP contribution in [0.25, 0.3) is 0 Å². The molecule has 5 aliphatic rings. The predicted octanol–water partition coefficient (Wildman–Crippen LogP) is 4.19. The van der Waals surface area contributed by atoms with Gasteiger partial charge in [-0.15, -0.1) is 10.2 Å². The second-order valence-electron chi connectivity index (χ2n) is 17.6. The molecule has 0 bridgehead atoms. The van der Waals surface area contributed by atoms with Gasteiger partial charge in [-0.05, 0) is 61.6 Å². The van der Waals surface area contributed by atoms with E-state index in [1.165, 1.54) is 6.07 Å². The minimum Gasteiger partial charge on any atom is -0.489 e. The minimum absolute atomic E-state index is 0.0111. The first kappa shape index (κ1) is 41.1. The second kappa shape index (κ2) is 15.7. The lowest BCUT2D eigenvalue weighted by Gasteiger charge is -2.63. The van der Waals surface area contributed by atoms with E-state index in [1.807, 2.05) is 38.7 Å². The molecule has 15 nitrogen and oxygen atoms in total. The van der Waals surface area contributed by atoms with Gasteiger partial charge in [0, 0.05) is 75.2 Å². The van der Waals surface area contributed by atoms with Crippen molar-refractivity contribution in [1.82, 2.24) is 30.6 Å². The van der Waals surface area contributed by atoms with Gasteiger partial charge in [0.15, 0.2) is 11.5 Å². The number of carbonyl (C=O) groups is 5. The molecular weight excluding hydrogens is 793 g/mol. The van der Waals surface area contributed by atoms with Crippen LogP contribution >= 0.6 is 11.6 Å². The van der Waals surface area contributed by atoms with Crippen LogP contribution in [0.5, 0.6) is 5.75 Å². The predicted molar refractivity (Wildman–Crippen MR) is 218 cm³/mol. The zero-order chi connectivity index (χ0) is 42.7. The van der Waals surface area contributed by atoms with Gasteiger partial charge in [0.1, 0.15) is 29.8 Å². The largest absolute Gasteiger partial charge is 0.489 e. The number of nitriles is 1. The highest BCUT2D eigenvalue weighted by Crippen LogP contribution is 2.55. The molecule has 1 atom stereocenters. The van der Waals surface area contributed by atoms with Crippen molar-refractivity contribution < 1.29 is 33.1 Å². The second-order valence-corrected chi connectivity index (χ2v) is 18.0. The van der Waals surface area contributed by atoms with Crippen molar-refractivity contribution >= 4 is 52.6 Å². The maximum absolute atomic E-state index is 15.5. The van der Waals surface area contributed by atoms with E-state index in [1.54, 1.807) is 24.3 Å². The number of carbonyl (C=O) groups excluding carboxylic acids is 5. The number of aromatic nitrogens is 2. The molecule has 1 aliphatic carbocycles. The first-order chi connectivity index (χ1) is 28.6. The molecule has 5 amide bonds. The number of ether oxygens (including phenoxy) is 1. The SMILES string of the molecule is CC1(C)[C@H](NC(=O)c2ccc(N3CCN(CC4CCN(c5cc6c(cc5F)C(=O)N(C5CCC(=O)NC5=O)C6=O)CC4)CC3)nn2)C(C)(C)[C@H]1Oc1ccc(C#N)c(Cl)c1. The topological polar surface area (TPSA) is 181 Å². The normalized spacial score (nSPS) is 24.1. The quantitative estimate of drug-likeness (QED) is 0.294. The van der Waals surface area contributed by atoms with E-state index in [-0.39, 0.29) is 53.4 Å². The molecule has 1 saturated carbocycles. The first-order valence-electron chi connectivity index (χ1n) is 20.3. The van der Waals surface area contributed by atoms with Crippen LogP contribution in [0.4, 0.5) is 15.9 Å². The van der Waals surface area contributed by atoms with E-state index >= 15 is 4.39 Å². The van der Waals surface area contributed by atoms with Crippen LogP contribution in [-0.2, 0) is 9.59 Å². The first-order valence-corrected chi connectivity index (χ1v) is 20.7. The summed E-state index contributed by atoms with van der Waals surface area (Å²) in [5, 5.41) is 23.6. The number of piperazine rings is 1. The Hall–Kier alpha value is -5.66. The molecule has 1 aromatic heterocycles. The highest BCUT2D eigenvalue weighted by molar-refractivity contribution is 6.31. The number of halogens is 2. The van der Waals surface area contributed by atoms with Crippen molar-refractivity contribution in [2.75, 3.05) is 55.6 Å². The molecule has 3 saturated heterocycles. The lowest BCUT2D eigenvalue weighted by atomic mass is 9.49. The van der Waals surface area contributed by atoms with Crippen molar-refractivity contribution in [3.05, 3.63) is 75.7 Å². The molecule has 60 heavy (non-hydrogen) atoms. The smallest absolute Gasteiger partial charge is 0.272 e. The van der Waals surface area contributed by atoms with Crippen LogP contribution in [0.15, 0.2) is 42.5 Å². The number of fused-ring (bicyclic) bond motifs is 1. The van der Waals surface area contributed by atoms with Crippen LogP contribution in [0.2, 0.25) is 5.02 Å². The lowest BCUT2D eigenvalue weighted by molar-refractivity contribution is -0.164. The Labute approximate surface area is 352 Å². The number of amides is 5. The Morgan fingerprint density at radius 3 is 2.22 bits per heavy atom. The van der Waals surface area contributed by atoms with Gasteiger partial charge in [0.25, 0.3) is 17.7 Å². The number of benzene rings is 2. The fraction of sp³-hybridized carbons (Fsp3) is 0.488. The number of rotatable bonds is 9. The third-order valence-corrected chi connectivity index (χ3v) is 13.3. The summed E-state index contributed by atoms with van der Waals surface area (Å²) in [6.07, 6.45) is 1.47. The average molecular weight is 840 g/mol. The van der Waals surface area contributed by atoms with Crippen LogP contribution in [0, 0.1) is 33.9 Å². The number of hydrogen-bond donors (Lipinski definition) is 2. The zero-order valence-corrected chi connectivity index (χ0v) is 34.7. The molecule has 1 unspecified atom stereocenters. The number of anilines is 2. The van der Waals surface area contributed by atoms with E-state index in [2.05, 4.69) is 36.7 Å². The van der Waals surface area contributed by atoms with Crippen LogP contribution in [-0.4, -0.2) is 114 Å². The number of piperidine rings is 2. The van der Waals surface area contributed by atoms with Crippen molar-refractivity contribution in [2.24, 2.45) is 16.7 Å². The molecule has 4 aliphatic heterocycles. The van der Waals surface area contributed by atoms with Gasteiger partial charge in [0.05, 0.1) is 27.4 Å². The highest BCUT2D eigenvalue weighted by atomic mass is 35.5. The molecular formula is C43H47ClFN9O6. The number of nitrogens with one attached hydrogen (secondary N) is 2. The molecule has 8 rings (SSSR count). The zero-order valence-electron chi connectivity index (χ0n) is 34.0. The Morgan fingerprint density at radius 1 is 0.917 bits per heavy atom. The molecule has 2 aromatic carbocycles.